The van der Waals surface area contributed by atoms with Gasteiger partial charge >= 0.3 is 0 Å². The monoisotopic (exact) mass is 343 g/mol. The molecular weight excluding hydrogens is 326 g/mol. The van der Waals surface area contributed by atoms with E-state index < -0.39 is 5.38 Å². The average Bonchev–Trinajstić information content (AvgIpc) is 2.42. The first-order chi connectivity index (χ1) is 9.08. The summed E-state index contributed by atoms with van der Waals surface area (Å²) in [5.41, 5.74) is 1.98. The molecule has 1 aromatic carbocycles. The Hall–Kier alpha value is -0.540. The average molecular weight is 345 g/mol. The smallest absolute Gasteiger partial charge is 0.242 e. The van der Waals surface area contributed by atoms with Gasteiger partial charge in [-0.05, 0) is 37.0 Å². The highest BCUT2D eigenvalue weighted by molar-refractivity contribution is 9.10. The highest BCUT2D eigenvalue weighted by Crippen LogP contribution is 2.27. The van der Waals surface area contributed by atoms with Crippen LogP contribution in [0.4, 0.5) is 0 Å². The summed E-state index contributed by atoms with van der Waals surface area (Å²) in [5, 5.41) is 2.45. The molecule has 2 rings (SSSR count). The minimum Gasteiger partial charge on any atom is -0.352 e. The van der Waals surface area contributed by atoms with Gasteiger partial charge in [-0.2, -0.15) is 0 Å². The maximum atomic E-state index is 12.1. The molecule has 1 aliphatic rings. The van der Waals surface area contributed by atoms with Crippen molar-refractivity contribution in [1.82, 2.24) is 5.32 Å². The predicted octanol–water partition coefficient (Wildman–Crippen LogP) is 4.49. The van der Waals surface area contributed by atoms with Crippen LogP contribution in [0, 0.1) is 6.92 Å². The van der Waals surface area contributed by atoms with Crippen LogP contribution >= 0.6 is 27.5 Å². The fourth-order valence-corrected chi connectivity index (χ4v) is 3.03. The number of aryl methyl sites for hydroxylation is 1. The van der Waals surface area contributed by atoms with Crippen molar-refractivity contribution in [3.8, 4) is 0 Å². The maximum absolute atomic E-state index is 12.1. The Balaban J connectivity index is 1.99. The van der Waals surface area contributed by atoms with Crippen LogP contribution in [0.1, 0.15) is 48.6 Å². The van der Waals surface area contributed by atoms with Gasteiger partial charge in [0.15, 0.2) is 0 Å². The number of benzene rings is 1. The van der Waals surface area contributed by atoms with E-state index in [4.69, 9.17) is 11.6 Å². The first kappa shape index (κ1) is 14.9. The lowest BCUT2D eigenvalue weighted by atomic mass is 9.95. The predicted molar refractivity (Wildman–Crippen MR) is 82.5 cm³/mol. The fraction of sp³-hybridized carbons (Fsp3) is 0.533. The molecule has 0 bridgehead atoms. The lowest BCUT2D eigenvalue weighted by molar-refractivity contribution is -0.121. The maximum Gasteiger partial charge on any atom is 0.242 e. The van der Waals surface area contributed by atoms with Crippen molar-refractivity contribution < 1.29 is 4.79 Å². The van der Waals surface area contributed by atoms with Crippen molar-refractivity contribution in [3.63, 3.8) is 0 Å². The summed E-state index contributed by atoms with van der Waals surface area (Å²) in [4.78, 5) is 12.1. The zero-order valence-corrected chi connectivity index (χ0v) is 13.4. The molecular formula is C15H19BrClNO. The normalized spacial score (nSPS) is 18.1. The first-order valence-electron chi connectivity index (χ1n) is 6.78. The minimum atomic E-state index is -0.612. The van der Waals surface area contributed by atoms with E-state index >= 15 is 0 Å². The van der Waals surface area contributed by atoms with E-state index in [9.17, 15) is 4.79 Å². The van der Waals surface area contributed by atoms with E-state index in [2.05, 4.69) is 21.2 Å². The van der Waals surface area contributed by atoms with Gasteiger partial charge in [0, 0.05) is 10.5 Å². The zero-order chi connectivity index (χ0) is 13.8. The van der Waals surface area contributed by atoms with E-state index in [0.29, 0.717) is 6.04 Å². The highest BCUT2D eigenvalue weighted by Gasteiger charge is 2.22. The Morgan fingerprint density at radius 1 is 1.37 bits per heavy atom. The molecule has 1 fully saturated rings. The third-order valence-corrected chi connectivity index (χ3v) is 4.97. The van der Waals surface area contributed by atoms with Crippen LogP contribution in [0.15, 0.2) is 22.7 Å². The molecule has 1 N–H and O–H groups in total. The van der Waals surface area contributed by atoms with Crippen molar-refractivity contribution in [2.45, 2.75) is 50.4 Å². The second-order valence-corrected chi connectivity index (χ2v) is 6.51. The van der Waals surface area contributed by atoms with Crippen LogP contribution in [-0.2, 0) is 4.79 Å². The molecule has 2 nitrogen and oxygen atoms in total. The van der Waals surface area contributed by atoms with Gasteiger partial charge in [0.05, 0.1) is 0 Å². The number of alkyl halides is 1. The third kappa shape index (κ3) is 3.96. The standard InChI is InChI=1S/C15H19BrClNO/c1-10-7-8-11(9-13(10)16)14(17)15(19)18-12-5-3-2-4-6-12/h7-9,12,14H,2-6H2,1H3,(H,18,19). The number of nitrogens with one attached hydrogen (secondary N) is 1. The van der Waals surface area contributed by atoms with Gasteiger partial charge in [0.25, 0.3) is 0 Å². The summed E-state index contributed by atoms with van der Waals surface area (Å²) in [7, 11) is 0. The van der Waals surface area contributed by atoms with E-state index in [1.54, 1.807) is 0 Å². The summed E-state index contributed by atoms with van der Waals surface area (Å²) < 4.78 is 0.987. The van der Waals surface area contributed by atoms with E-state index in [1.165, 1.54) is 19.3 Å². The van der Waals surface area contributed by atoms with Crippen LogP contribution in [-0.4, -0.2) is 11.9 Å². The molecule has 19 heavy (non-hydrogen) atoms. The SMILES string of the molecule is Cc1ccc(C(Cl)C(=O)NC2CCCCC2)cc1Br. The van der Waals surface area contributed by atoms with Gasteiger partial charge in [-0.25, -0.2) is 0 Å². The van der Waals surface area contributed by atoms with Crippen molar-refractivity contribution in [3.05, 3.63) is 33.8 Å². The first-order valence-corrected chi connectivity index (χ1v) is 8.01. The van der Waals surface area contributed by atoms with Crippen LogP contribution in [0.25, 0.3) is 0 Å². The molecule has 0 saturated heterocycles. The van der Waals surface area contributed by atoms with Gasteiger partial charge in [-0.1, -0.05) is 47.3 Å². The van der Waals surface area contributed by atoms with Crippen LogP contribution in [0.3, 0.4) is 0 Å². The molecule has 1 unspecified atom stereocenters. The molecule has 104 valence electrons. The molecule has 0 aliphatic heterocycles. The lowest BCUT2D eigenvalue weighted by Crippen LogP contribution is -2.38. The number of rotatable bonds is 3. The Kier molecular flexibility index (Phi) is 5.28. The lowest BCUT2D eigenvalue weighted by Gasteiger charge is -2.24. The molecule has 1 amide bonds. The molecule has 1 saturated carbocycles. The molecule has 0 radical (unpaired) electrons. The largest absolute Gasteiger partial charge is 0.352 e. The summed E-state index contributed by atoms with van der Waals surface area (Å²) in [6.07, 6.45) is 5.84. The molecule has 1 atom stereocenters. The summed E-state index contributed by atoms with van der Waals surface area (Å²) in [5.74, 6) is -0.0793. The van der Waals surface area contributed by atoms with E-state index in [1.807, 2.05) is 25.1 Å². The number of carbonyl (C=O) groups is 1. The summed E-state index contributed by atoms with van der Waals surface area (Å²) in [6, 6.07) is 6.12. The Bertz CT molecular complexity index is 457. The van der Waals surface area contributed by atoms with E-state index in [0.717, 1.165) is 28.4 Å². The minimum absolute atomic E-state index is 0.0793. The number of carbonyl (C=O) groups excluding carboxylic acids is 1. The number of halogens is 2. The molecule has 1 aromatic rings. The van der Waals surface area contributed by atoms with E-state index in [-0.39, 0.29) is 5.91 Å². The highest BCUT2D eigenvalue weighted by atomic mass is 79.9. The fourth-order valence-electron chi connectivity index (χ4n) is 2.44. The van der Waals surface area contributed by atoms with Gasteiger partial charge in [-0.3, -0.25) is 4.79 Å². The second-order valence-electron chi connectivity index (χ2n) is 5.21. The molecule has 0 heterocycles. The van der Waals surface area contributed by atoms with Crippen LogP contribution < -0.4 is 5.32 Å². The van der Waals surface area contributed by atoms with Gasteiger partial charge < -0.3 is 5.32 Å². The number of hydrogen-bond donors (Lipinski definition) is 1. The van der Waals surface area contributed by atoms with Gasteiger partial charge in [0.1, 0.15) is 5.38 Å². The van der Waals surface area contributed by atoms with Crippen molar-refractivity contribution in [2.75, 3.05) is 0 Å². The van der Waals surface area contributed by atoms with Crippen molar-refractivity contribution >= 4 is 33.4 Å². The Labute approximate surface area is 128 Å². The number of amides is 1. The topological polar surface area (TPSA) is 29.1 Å². The quantitative estimate of drug-likeness (QED) is 0.804. The van der Waals surface area contributed by atoms with Crippen molar-refractivity contribution in [2.24, 2.45) is 0 Å². The molecule has 4 heteroatoms. The summed E-state index contributed by atoms with van der Waals surface area (Å²) >= 11 is 9.74. The van der Waals surface area contributed by atoms with Crippen LogP contribution in [0.5, 0.6) is 0 Å². The Morgan fingerprint density at radius 2 is 2.05 bits per heavy atom. The van der Waals surface area contributed by atoms with Gasteiger partial charge in [0.2, 0.25) is 5.91 Å². The summed E-state index contributed by atoms with van der Waals surface area (Å²) in [6.45, 7) is 2.01. The molecule has 1 aliphatic carbocycles. The number of hydrogen-bond acceptors (Lipinski definition) is 1. The Morgan fingerprint density at radius 3 is 2.68 bits per heavy atom. The molecule has 0 spiro atoms. The molecule has 0 aromatic heterocycles. The van der Waals surface area contributed by atoms with Crippen molar-refractivity contribution in [1.29, 1.82) is 0 Å². The third-order valence-electron chi connectivity index (χ3n) is 3.67. The van der Waals surface area contributed by atoms with Crippen LogP contribution in [0.2, 0.25) is 0 Å². The van der Waals surface area contributed by atoms with Gasteiger partial charge in [-0.15, -0.1) is 11.6 Å². The second kappa shape index (κ2) is 6.76. The zero-order valence-electron chi connectivity index (χ0n) is 11.1.